The van der Waals surface area contributed by atoms with Crippen molar-refractivity contribution >= 4 is 35.2 Å². The minimum Gasteiger partial charge on any atom is -0.479 e. The highest BCUT2D eigenvalue weighted by Crippen LogP contribution is 2.27. The smallest absolute Gasteiger partial charge is 0.343 e. The normalized spacial score (nSPS) is 22.0. The van der Waals surface area contributed by atoms with Crippen LogP contribution < -0.4 is 0 Å². The molecule has 4 nitrogen and oxygen atoms in total. The summed E-state index contributed by atoms with van der Waals surface area (Å²) < 4.78 is 13.8. The van der Waals surface area contributed by atoms with Crippen LogP contribution in [0.1, 0.15) is 6.42 Å². The lowest BCUT2D eigenvalue weighted by Crippen LogP contribution is -2.39. The number of thioether (sulfide) groups is 1. The number of carbonyl (C=O) groups excluding carboxylic acids is 1. The van der Waals surface area contributed by atoms with Crippen molar-refractivity contribution in [1.29, 1.82) is 0 Å². The number of halogens is 2. The second-order valence-electron chi connectivity index (χ2n) is 4.58. The molecule has 2 rings (SSSR count). The fraction of sp³-hybridized carbons (Fsp3) is 0.385. The number of amides is 1. The SMILES string of the molecule is O=C(CSc1ccc(Cl)cc1)N1CCC(F)(C(=O)O)C1. The van der Waals surface area contributed by atoms with Gasteiger partial charge in [-0.3, -0.25) is 4.79 Å². The molecule has 0 aromatic heterocycles. The molecule has 0 radical (unpaired) electrons. The van der Waals surface area contributed by atoms with E-state index in [0.29, 0.717) is 5.02 Å². The highest BCUT2D eigenvalue weighted by Gasteiger charge is 2.46. The summed E-state index contributed by atoms with van der Waals surface area (Å²) in [6.45, 7) is -0.231. The first-order chi connectivity index (χ1) is 9.40. The molecule has 1 fully saturated rings. The van der Waals surface area contributed by atoms with Crippen LogP contribution in [0.15, 0.2) is 29.2 Å². The second-order valence-corrected chi connectivity index (χ2v) is 6.06. The quantitative estimate of drug-likeness (QED) is 0.867. The zero-order valence-corrected chi connectivity index (χ0v) is 12.1. The average molecular weight is 318 g/mol. The van der Waals surface area contributed by atoms with Gasteiger partial charge in [-0.05, 0) is 24.3 Å². The van der Waals surface area contributed by atoms with E-state index in [9.17, 15) is 14.0 Å². The number of hydrogen-bond acceptors (Lipinski definition) is 3. The molecule has 0 saturated carbocycles. The van der Waals surface area contributed by atoms with Gasteiger partial charge in [0.05, 0.1) is 12.3 Å². The van der Waals surface area contributed by atoms with Crippen LogP contribution in [0.2, 0.25) is 5.02 Å². The van der Waals surface area contributed by atoms with Crippen molar-refractivity contribution in [3.05, 3.63) is 29.3 Å². The molecule has 0 aliphatic carbocycles. The van der Waals surface area contributed by atoms with Gasteiger partial charge in [0.15, 0.2) is 0 Å². The Labute approximate surface area is 124 Å². The van der Waals surface area contributed by atoms with Crippen LogP contribution in [0.25, 0.3) is 0 Å². The molecule has 1 aromatic carbocycles. The molecule has 1 aliphatic rings. The van der Waals surface area contributed by atoms with Crippen LogP contribution >= 0.6 is 23.4 Å². The monoisotopic (exact) mass is 317 g/mol. The molecule has 20 heavy (non-hydrogen) atoms. The van der Waals surface area contributed by atoms with Crippen LogP contribution in [-0.4, -0.2) is 46.4 Å². The maximum Gasteiger partial charge on any atom is 0.343 e. The first kappa shape index (κ1) is 15.1. The third-order valence-corrected chi connectivity index (χ3v) is 4.38. The van der Waals surface area contributed by atoms with Crippen LogP contribution in [0, 0.1) is 0 Å². The predicted molar refractivity (Wildman–Crippen MR) is 74.8 cm³/mol. The number of carbonyl (C=O) groups is 2. The van der Waals surface area contributed by atoms with Crippen LogP contribution in [0.4, 0.5) is 4.39 Å². The number of hydrogen-bond donors (Lipinski definition) is 1. The molecule has 1 saturated heterocycles. The van der Waals surface area contributed by atoms with Gasteiger partial charge in [-0.2, -0.15) is 0 Å². The highest BCUT2D eigenvalue weighted by atomic mass is 35.5. The van der Waals surface area contributed by atoms with Crippen molar-refractivity contribution in [3.63, 3.8) is 0 Å². The Balaban J connectivity index is 1.87. The summed E-state index contributed by atoms with van der Waals surface area (Å²) in [5, 5.41) is 9.39. The molecule has 0 bridgehead atoms. The van der Waals surface area contributed by atoms with Gasteiger partial charge in [0, 0.05) is 22.9 Å². The standard InChI is InChI=1S/C13H13ClFNO3S/c14-9-1-3-10(4-2-9)20-7-11(17)16-6-5-13(15,8-16)12(18)19/h1-4H,5-8H2,(H,18,19). The molecule has 108 valence electrons. The number of rotatable bonds is 4. The number of alkyl halides is 1. The lowest BCUT2D eigenvalue weighted by Gasteiger charge is -2.17. The Morgan fingerprint density at radius 2 is 2.05 bits per heavy atom. The Bertz CT molecular complexity index is 525. The lowest BCUT2D eigenvalue weighted by atomic mass is 10.1. The van der Waals surface area contributed by atoms with E-state index >= 15 is 0 Å². The number of carboxylic acid groups (broad SMARTS) is 1. The van der Waals surface area contributed by atoms with Gasteiger partial charge in [-0.1, -0.05) is 11.6 Å². The van der Waals surface area contributed by atoms with Gasteiger partial charge in [0.2, 0.25) is 11.6 Å². The fourth-order valence-corrected chi connectivity index (χ4v) is 2.85. The highest BCUT2D eigenvalue weighted by molar-refractivity contribution is 8.00. The van der Waals surface area contributed by atoms with E-state index in [-0.39, 0.29) is 31.2 Å². The molecular formula is C13H13ClFNO3S. The molecule has 1 N–H and O–H groups in total. The number of aliphatic carboxylic acids is 1. The van der Waals surface area contributed by atoms with Gasteiger partial charge in [-0.25, -0.2) is 9.18 Å². The Hall–Kier alpha value is -1.27. The molecule has 1 atom stereocenters. The number of likely N-dealkylation sites (tertiary alicyclic amines) is 1. The predicted octanol–water partition coefficient (Wildman–Crippen LogP) is 2.46. The Morgan fingerprint density at radius 3 is 2.60 bits per heavy atom. The van der Waals surface area contributed by atoms with Gasteiger partial charge in [-0.15, -0.1) is 11.8 Å². The second kappa shape index (κ2) is 6.01. The molecule has 1 unspecified atom stereocenters. The van der Waals surface area contributed by atoms with Gasteiger partial charge < -0.3 is 10.0 Å². The zero-order valence-electron chi connectivity index (χ0n) is 10.5. The van der Waals surface area contributed by atoms with Crippen LogP contribution in [0.3, 0.4) is 0 Å². The molecule has 1 amide bonds. The Kier molecular flexibility index (Phi) is 4.55. The maximum absolute atomic E-state index is 13.8. The number of benzene rings is 1. The summed E-state index contributed by atoms with van der Waals surface area (Å²) >= 11 is 7.07. The summed E-state index contributed by atoms with van der Waals surface area (Å²) in [5.74, 6) is -1.61. The van der Waals surface area contributed by atoms with E-state index in [2.05, 4.69) is 0 Å². The molecule has 1 aromatic rings. The molecule has 1 aliphatic heterocycles. The first-order valence-electron chi connectivity index (χ1n) is 5.99. The van der Waals surface area contributed by atoms with E-state index in [1.807, 2.05) is 0 Å². The maximum atomic E-state index is 13.8. The average Bonchev–Trinajstić information content (AvgIpc) is 2.82. The summed E-state index contributed by atoms with van der Waals surface area (Å²) in [6, 6.07) is 7.03. The van der Waals surface area contributed by atoms with E-state index < -0.39 is 11.6 Å². The fourth-order valence-electron chi connectivity index (χ4n) is 1.93. The minimum atomic E-state index is -2.30. The summed E-state index contributed by atoms with van der Waals surface area (Å²) in [7, 11) is 0. The van der Waals surface area contributed by atoms with Gasteiger partial charge in [0.25, 0.3) is 0 Å². The third-order valence-electron chi connectivity index (χ3n) is 3.13. The zero-order chi connectivity index (χ0) is 14.8. The van der Waals surface area contributed by atoms with Gasteiger partial charge >= 0.3 is 5.97 Å². The molecule has 1 heterocycles. The van der Waals surface area contributed by atoms with E-state index in [4.69, 9.17) is 16.7 Å². The van der Waals surface area contributed by atoms with Crippen LogP contribution in [-0.2, 0) is 9.59 Å². The van der Waals surface area contributed by atoms with Crippen molar-refractivity contribution < 1.29 is 19.1 Å². The molecule has 7 heteroatoms. The van der Waals surface area contributed by atoms with Crippen molar-refractivity contribution in [2.45, 2.75) is 17.0 Å². The number of carboxylic acids is 1. The largest absolute Gasteiger partial charge is 0.479 e. The first-order valence-corrected chi connectivity index (χ1v) is 7.35. The topological polar surface area (TPSA) is 57.6 Å². The lowest BCUT2D eigenvalue weighted by molar-refractivity contribution is -0.150. The summed E-state index contributed by atoms with van der Waals surface area (Å²) in [5.41, 5.74) is -2.30. The van der Waals surface area contributed by atoms with Crippen molar-refractivity contribution in [1.82, 2.24) is 4.90 Å². The van der Waals surface area contributed by atoms with Gasteiger partial charge in [0.1, 0.15) is 0 Å². The molecular weight excluding hydrogens is 305 g/mol. The summed E-state index contributed by atoms with van der Waals surface area (Å²) in [6.07, 6.45) is -0.153. The third kappa shape index (κ3) is 3.43. The number of nitrogens with zero attached hydrogens (tertiary/aromatic N) is 1. The molecule has 0 spiro atoms. The minimum absolute atomic E-state index is 0.142. The van der Waals surface area contributed by atoms with E-state index in [1.165, 1.54) is 16.7 Å². The van der Waals surface area contributed by atoms with E-state index in [1.54, 1.807) is 24.3 Å². The van der Waals surface area contributed by atoms with Crippen molar-refractivity contribution in [2.75, 3.05) is 18.8 Å². The summed E-state index contributed by atoms with van der Waals surface area (Å²) in [4.78, 5) is 24.8. The van der Waals surface area contributed by atoms with E-state index in [0.717, 1.165) is 4.90 Å². The van der Waals surface area contributed by atoms with Crippen LogP contribution in [0.5, 0.6) is 0 Å². The van der Waals surface area contributed by atoms with Crippen molar-refractivity contribution in [2.24, 2.45) is 0 Å². The Morgan fingerprint density at radius 1 is 1.40 bits per heavy atom. The van der Waals surface area contributed by atoms with Crippen molar-refractivity contribution in [3.8, 4) is 0 Å².